The Morgan fingerprint density at radius 3 is 2.71 bits per heavy atom. The molecular formula is C10H9NO3. The van der Waals surface area contributed by atoms with E-state index in [2.05, 4.69) is 16.8 Å². The van der Waals surface area contributed by atoms with E-state index < -0.39 is 12.1 Å². The first kappa shape index (κ1) is 10.2. The van der Waals surface area contributed by atoms with Gasteiger partial charge in [-0.2, -0.15) is 0 Å². The van der Waals surface area contributed by atoms with Crippen molar-refractivity contribution in [2.45, 2.75) is 13.0 Å². The molecule has 0 amide bonds. The van der Waals surface area contributed by atoms with Gasteiger partial charge in [0, 0.05) is 11.8 Å². The van der Waals surface area contributed by atoms with Gasteiger partial charge in [-0.1, -0.05) is 11.8 Å². The summed E-state index contributed by atoms with van der Waals surface area (Å²) in [5.41, 5.74) is 0.559. The van der Waals surface area contributed by atoms with Crippen LogP contribution in [0.25, 0.3) is 0 Å². The minimum Gasteiger partial charge on any atom is -0.477 e. The van der Waals surface area contributed by atoms with Crippen LogP contribution in [-0.2, 0) is 0 Å². The molecule has 4 nitrogen and oxygen atoms in total. The topological polar surface area (TPSA) is 70.4 Å². The maximum absolute atomic E-state index is 10.4. The van der Waals surface area contributed by atoms with Crippen molar-refractivity contribution in [2.75, 3.05) is 0 Å². The van der Waals surface area contributed by atoms with E-state index in [1.54, 1.807) is 13.0 Å². The van der Waals surface area contributed by atoms with Gasteiger partial charge in [0.05, 0.1) is 0 Å². The van der Waals surface area contributed by atoms with E-state index in [4.69, 9.17) is 10.2 Å². The molecule has 1 rings (SSSR count). The minimum absolute atomic E-state index is 0.0207. The molecule has 1 aromatic heterocycles. The number of rotatable bonds is 1. The second-order valence-electron chi connectivity index (χ2n) is 2.68. The highest BCUT2D eigenvalue weighted by molar-refractivity contribution is 5.85. The number of pyridine rings is 1. The monoisotopic (exact) mass is 191 g/mol. The summed E-state index contributed by atoms with van der Waals surface area (Å²) in [6, 6.07) is 2.92. The van der Waals surface area contributed by atoms with Gasteiger partial charge < -0.3 is 10.2 Å². The van der Waals surface area contributed by atoms with Crippen LogP contribution in [0.1, 0.15) is 23.0 Å². The van der Waals surface area contributed by atoms with E-state index in [0.717, 1.165) is 0 Å². The number of aliphatic hydroxyl groups excluding tert-OH is 1. The molecule has 4 heteroatoms. The van der Waals surface area contributed by atoms with Crippen LogP contribution in [0.15, 0.2) is 18.3 Å². The number of aromatic carboxylic acids is 1. The predicted molar refractivity (Wildman–Crippen MR) is 49.8 cm³/mol. The first-order valence-electron chi connectivity index (χ1n) is 3.98. The van der Waals surface area contributed by atoms with E-state index in [0.29, 0.717) is 5.56 Å². The molecule has 0 aliphatic rings. The van der Waals surface area contributed by atoms with Gasteiger partial charge in [0.1, 0.15) is 11.8 Å². The number of carbonyl (C=O) groups is 1. The Kier molecular flexibility index (Phi) is 3.21. The van der Waals surface area contributed by atoms with Crippen LogP contribution in [-0.4, -0.2) is 27.3 Å². The summed E-state index contributed by atoms with van der Waals surface area (Å²) in [5.74, 6) is 4.11. The van der Waals surface area contributed by atoms with Gasteiger partial charge in [-0.25, -0.2) is 9.78 Å². The molecule has 0 saturated heterocycles. The van der Waals surface area contributed by atoms with Crippen molar-refractivity contribution in [1.29, 1.82) is 0 Å². The molecule has 0 fully saturated rings. The number of aromatic nitrogens is 1. The summed E-state index contributed by atoms with van der Waals surface area (Å²) in [5, 5.41) is 17.4. The molecule has 0 bridgehead atoms. The Balaban J connectivity index is 2.85. The Labute approximate surface area is 81.2 Å². The van der Waals surface area contributed by atoms with E-state index in [1.165, 1.54) is 12.3 Å². The average Bonchev–Trinajstić information content (AvgIpc) is 2.15. The van der Waals surface area contributed by atoms with Gasteiger partial charge in [0.2, 0.25) is 0 Å². The zero-order chi connectivity index (χ0) is 10.6. The molecule has 0 aliphatic carbocycles. The number of aliphatic hydroxyl groups is 1. The Bertz CT molecular complexity index is 384. The van der Waals surface area contributed by atoms with Crippen molar-refractivity contribution in [1.82, 2.24) is 4.98 Å². The van der Waals surface area contributed by atoms with Crippen LogP contribution in [0.4, 0.5) is 0 Å². The zero-order valence-electron chi connectivity index (χ0n) is 7.56. The number of hydrogen-bond acceptors (Lipinski definition) is 3. The second-order valence-corrected chi connectivity index (χ2v) is 2.68. The summed E-state index contributed by atoms with van der Waals surface area (Å²) < 4.78 is 0. The standard InChI is InChI=1S/C10H9NO3/c1-7(12)2-3-8-4-5-9(10(13)14)11-6-8/h4-7,12H,1H3,(H,13,14)/t7-/m0/s1. The lowest BCUT2D eigenvalue weighted by atomic mass is 10.2. The molecule has 1 atom stereocenters. The quantitative estimate of drug-likeness (QED) is 0.634. The van der Waals surface area contributed by atoms with Crippen LogP contribution in [0, 0.1) is 11.8 Å². The summed E-state index contributed by atoms with van der Waals surface area (Å²) in [6.07, 6.45) is 0.660. The van der Waals surface area contributed by atoms with Gasteiger partial charge in [-0.3, -0.25) is 0 Å². The maximum Gasteiger partial charge on any atom is 0.354 e. The first-order valence-corrected chi connectivity index (χ1v) is 3.98. The van der Waals surface area contributed by atoms with Crippen molar-refractivity contribution in [3.63, 3.8) is 0 Å². The fraction of sp³-hybridized carbons (Fsp3) is 0.200. The molecule has 72 valence electrons. The largest absolute Gasteiger partial charge is 0.477 e. The normalized spacial score (nSPS) is 11.3. The van der Waals surface area contributed by atoms with Gasteiger partial charge in [-0.15, -0.1) is 0 Å². The molecule has 0 radical (unpaired) electrons. The highest BCUT2D eigenvalue weighted by atomic mass is 16.4. The van der Waals surface area contributed by atoms with Crippen LogP contribution in [0.2, 0.25) is 0 Å². The SMILES string of the molecule is C[C@H](O)C#Cc1ccc(C(=O)O)nc1. The van der Waals surface area contributed by atoms with E-state index in [-0.39, 0.29) is 5.69 Å². The molecule has 1 heterocycles. The zero-order valence-corrected chi connectivity index (χ0v) is 7.56. The third-order valence-electron chi connectivity index (χ3n) is 1.41. The van der Waals surface area contributed by atoms with Crippen LogP contribution < -0.4 is 0 Å². The van der Waals surface area contributed by atoms with Crippen molar-refractivity contribution >= 4 is 5.97 Å². The summed E-state index contributed by atoms with van der Waals surface area (Å²) in [6.45, 7) is 1.55. The predicted octanol–water partition coefficient (Wildman–Crippen LogP) is 0.512. The minimum atomic E-state index is -1.07. The fourth-order valence-corrected chi connectivity index (χ4v) is 0.782. The highest BCUT2D eigenvalue weighted by Crippen LogP contribution is 1.98. The smallest absolute Gasteiger partial charge is 0.354 e. The lowest BCUT2D eigenvalue weighted by Gasteiger charge is -1.93. The van der Waals surface area contributed by atoms with E-state index >= 15 is 0 Å². The maximum atomic E-state index is 10.4. The van der Waals surface area contributed by atoms with Crippen LogP contribution in [0.3, 0.4) is 0 Å². The molecular weight excluding hydrogens is 182 g/mol. The Morgan fingerprint density at radius 2 is 2.29 bits per heavy atom. The Morgan fingerprint density at radius 1 is 1.57 bits per heavy atom. The van der Waals surface area contributed by atoms with Crippen molar-refractivity contribution in [2.24, 2.45) is 0 Å². The number of carboxylic acid groups (broad SMARTS) is 1. The molecule has 14 heavy (non-hydrogen) atoms. The molecule has 2 N–H and O–H groups in total. The van der Waals surface area contributed by atoms with E-state index in [9.17, 15) is 4.79 Å². The van der Waals surface area contributed by atoms with Crippen molar-refractivity contribution < 1.29 is 15.0 Å². The van der Waals surface area contributed by atoms with Crippen molar-refractivity contribution in [3.8, 4) is 11.8 Å². The molecule has 0 unspecified atom stereocenters. The van der Waals surface area contributed by atoms with Crippen LogP contribution in [0.5, 0.6) is 0 Å². The summed E-state index contributed by atoms with van der Waals surface area (Å²) in [4.78, 5) is 14.1. The van der Waals surface area contributed by atoms with Crippen molar-refractivity contribution in [3.05, 3.63) is 29.6 Å². The van der Waals surface area contributed by atoms with Gasteiger partial charge in [0.15, 0.2) is 0 Å². The molecule has 0 saturated carbocycles. The Hall–Kier alpha value is -1.86. The molecule has 0 aliphatic heterocycles. The average molecular weight is 191 g/mol. The summed E-state index contributed by atoms with van der Waals surface area (Å²) >= 11 is 0. The molecule has 0 aromatic carbocycles. The third kappa shape index (κ3) is 2.88. The fourth-order valence-electron chi connectivity index (χ4n) is 0.782. The van der Waals surface area contributed by atoms with E-state index in [1.807, 2.05) is 0 Å². The number of carboxylic acids is 1. The lowest BCUT2D eigenvalue weighted by molar-refractivity contribution is 0.0690. The first-order chi connectivity index (χ1) is 6.59. The number of nitrogens with zero attached hydrogens (tertiary/aromatic N) is 1. The van der Waals surface area contributed by atoms with Gasteiger partial charge >= 0.3 is 5.97 Å². The molecule has 0 spiro atoms. The highest BCUT2D eigenvalue weighted by Gasteiger charge is 2.01. The summed E-state index contributed by atoms with van der Waals surface area (Å²) in [7, 11) is 0. The lowest BCUT2D eigenvalue weighted by Crippen LogP contribution is -1.99. The molecule has 1 aromatic rings. The van der Waals surface area contributed by atoms with Gasteiger partial charge in [-0.05, 0) is 19.1 Å². The third-order valence-corrected chi connectivity index (χ3v) is 1.41. The number of hydrogen-bond donors (Lipinski definition) is 2. The van der Waals surface area contributed by atoms with Gasteiger partial charge in [0.25, 0.3) is 0 Å². The second kappa shape index (κ2) is 4.40. The van der Waals surface area contributed by atoms with Crippen LogP contribution >= 0.6 is 0 Å².